The van der Waals surface area contributed by atoms with Crippen LogP contribution in [0.4, 0.5) is 0 Å². The quantitative estimate of drug-likeness (QED) is 0.883. The average Bonchev–Trinajstić information content (AvgIpc) is 3.11. The van der Waals surface area contributed by atoms with Crippen molar-refractivity contribution in [1.29, 1.82) is 0 Å². The van der Waals surface area contributed by atoms with E-state index in [0.29, 0.717) is 5.41 Å². The Morgan fingerprint density at radius 2 is 1.75 bits per heavy atom. The van der Waals surface area contributed by atoms with Gasteiger partial charge in [-0.15, -0.1) is 0 Å². The minimum Gasteiger partial charge on any atom is -0.344 e. The molecule has 1 aromatic heterocycles. The third-order valence-electron chi connectivity index (χ3n) is 6.37. The van der Waals surface area contributed by atoms with Crippen LogP contribution in [0.2, 0.25) is 0 Å². The predicted octanol–water partition coefficient (Wildman–Crippen LogP) is 3.13. The second-order valence-electron chi connectivity index (χ2n) is 8.10. The molecule has 0 unspecified atom stereocenters. The van der Waals surface area contributed by atoms with Gasteiger partial charge >= 0.3 is 0 Å². The van der Waals surface area contributed by atoms with Gasteiger partial charge in [-0.2, -0.15) is 0 Å². The summed E-state index contributed by atoms with van der Waals surface area (Å²) in [5, 5.41) is 3.57. The Morgan fingerprint density at radius 3 is 2.35 bits per heavy atom. The second kappa shape index (κ2) is 4.09. The van der Waals surface area contributed by atoms with Crippen LogP contribution in [0.5, 0.6) is 0 Å². The zero-order valence-electron chi connectivity index (χ0n) is 12.2. The van der Waals surface area contributed by atoms with Crippen LogP contribution >= 0.6 is 0 Å². The maximum Gasteiger partial charge on any atom is 0.120 e. The van der Waals surface area contributed by atoms with E-state index in [-0.39, 0.29) is 0 Å². The highest BCUT2D eigenvalue weighted by molar-refractivity contribution is 5.22. The molecule has 6 rings (SSSR count). The zero-order valence-corrected chi connectivity index (χ0v) is 12.2. The molecule has 0 amide bonds. The van der Waals surface area contributed by atoms with E-state index in [2.05, 4.69) is 21.5 Å². The van der Waals surface area contributed by atoms with Crippen LogP contribution in [-0.4, -0.2) is 16.0 Å². The molecular formula is C17H25N3. The molecule has 5 saturated carbocycles. The highest BCUT2D eigenvalue weighted by Crippen LogP contribution is 2.60. The van der Waals surface area contributed by atoms with Crippen molar-refractivity contribution in [3.05, 3.63) is 17.7 Å². The highest BCUT2D eigenvalue weighted by atomic mass is 15.0. The standard InChI is InChI=1S/C17H25N3/c1-2-14(1)18-10-16-19-9-15(20-16)17-6-11-3-12(7-17)5-13(4-11)8-17/h9,11-14,18H,1-8,10H2,(H,19,20). The van der Waals surface area contributed by atoms with Crippen molar-refractivity contribution >= 4 is 0 Å². The third-order valence-corrected chi connectivity index (χ3v) is 6.37. The van der Waals surface area contributed by atoms with Gasteiger partial charge in [-0.3, -0.25) is 0 Å². The fraction of sp³-hybridized carbons (Fsp3) is 0.824. The van der Waals surface area contributed by atoms with E-state index in [0.717, 1.165) is 36.2 Å². The Labute approximate surface area is 120 Å². The summed E-state index contributed by atoms with van der Waals surface area (Å²) in [5.41, 5.74) is 1.93. The number of H-pyrrole nitrogens is 1. The number of hydrogen-bond acceptors (Lipinski definition) is 2. The SMILES string of the molecule is c1nc(CNC2CC2)[nH]c1C12CC3CC(CC(C3)C1)C2. The molecule has 4 bridgehead atoms. The number of nitrogens with one attached hydrogen (secondary N) is 2. The molecule has 5 aliphatic rings. The summed E-state index contributed by atoms with van der Waals surface area (Å²) < 4.78 is 0. The van der Waals surface area contributed by atoms with Crippen LogP contribution in [-0.2, 0) is 12.0 Å². The van der Waals surface area contributed by atoms with Crippen LogP contribution < -0.4 is 5.32 Å². The number of hydrogen-bond donors (Lipinski definition) is 2. The molecule has 0 radical (unpaired) electrons. The maximum absolute atomic E-state index is 4.66. The summed E-state index contributed by atoms with van der Waals surface area (Å²) in [7, 11) is 0. The first-order valence-electron chi connectivity index (χ1n) is 8.57. The molecule has 20 heavy (non-hydrogen) atoms. The van der Waals surface area contributed by atoms with Crippen LogP contribution in [0, 0.1) is 17.8 Å². The lowest BCUT2D eigenvalue weighted by Gasteiger charge is -2.56. The first kappa shape index (κ1) is 11.8. The molecule has 1 aromatic rings. The van der Waals surface area contributed by atoms with Gasteiger partial charge in [-0.25, -0.2) is 4.98 Å². The minimum atomic E-state index is 0.472. The van der Waals surface area contributed by atoms with Gasteiger partial charge in [0, 0.05) is 23.3 Å². The van der Waals surface area contributed by atoms with Crippen molar-refractivity contribution in [3.63, 3.8) is 0 Å². The third kappa shape index (κ3) is 1.86. The molecule has 0 spiro atoms. The van der Waals surface area contributed by atoms with E-state index in [1.54, 1.807) is 0 Å². The van der Waals surface area contributed by atoms with Crippen molar-refractivity contribution in [1.82, 2.24) is 15.3 Å². The van der Waals surface area contributed by atoms with Gasteiger partial charge in [-0.1, -0.05) is 0 Å². The Balaban J connectivity index is 1.38. The summed E-state index contributed by atoms with van der Waals surface area (Å²) in [6.45, 7) is 0.928. The van der Waals surface area contributed by atoms with E-state index in [1.807, 2.05) is 0 Å². The van der Waals surface area contributed by atoms with Crippen LogP contribution in [0.25, 0.3) is 0 Å². The number of aromatic amines is 1. The maximum atomic E-state index is 4.66. The number of imidazole rings is 1. The molecule has 1 heterocycles. The van der Waals surface area contributed by atoms with Crippen molar-refractivity contribution in [2.24, 2.45) is 17.8 Å². The summed E-state index contributed by atoms with van der Waals surface area (Å²) in [6.07, 6.45) is 13.7. The monoisotopic (exact) mass is 271 g/mol. The zero-order chi connectivity index (χ0) is 13.2. The second-order valence-corrected chi connectivity index (χ2v) is 8.10. The molecule has 3 heteroatoms. The Bertz CT molecular complexity index is 479. The molecule has 108 valence electrons. The Hall–Kier alpha value is -0.830. The predicted molar refractivity (Wildman–Crippen MR) is 78.3 cm³/mol. The lowest BCUT2D eigenvalue weighted by molar-refractivity contribution is -0.00706. The van der Waals surface area contributed by atoms with Crippen molar-refractivity contribution in [2.45, 2.75) is 69.4 Å². The molecule has 2 N–H and O–H groups in total. The first-order chi connectivity index (χ1) is 9.79. The normalized spacial score (nSPS) is 42.3. The van der Waals surface area contributed by atoms with E-state index in [1.165, 1.54) is 57.1 Å². The topological polar surface area (TPSA) is 40.7 Å². The van der Waals surface area contributed by atoms with Crippen LogP contribution in [0.1, 0.15) is 62.9 Å². The van der Waals surface area contributed by atoms with Crippen molar-refractivity contribution in [2.75, 3.05) is 0 Å². The summed E-state index contributed by atoms with van der Waals surface area (Å²) in [5.74, 6) is 4.19. The average molecular weight is 271 g/mol. The minimum absolute atomic E-state index is 0.472. The van der Waals surface area contributed by atoms with Gasteiger partial charge < -0.3 is 10.3 Å². The smallest absolute Gasteiger partial charge is 0.120 e. The van der Waals surface area contributed by atoms with E-state index < -0.39 is 0 Å². The van der Waals surface area contributed by atoms with Gasteiger partial charge in [-0.05, 0) is 69.1 Å². The number of rotatable bonds is 4. The highest BCUT2D eigenvalue weighted by Gasteiger charge is 2.52. The molecule has 5 fully saturated rings. The van der Waals surface area contributed by atoms with Crippen LogP contribution in [0.15, 0.2) is 6.20 Å². The summed E-state index contributed by atoms with van der Waals surface area (Å²) in [6, 6.07) is 0.767. The molecule has 0 saturated heterocycles. The summed E-state index contributed by atoms with van der Waals surface area (Å²) >= 11 is 0. The largest absolute Gasteiger partial charge is 0.344 e. The fourth-order valence-electron chi connectivity index (χ4n) is 5.69. The number of nitrogens with zero attached hydrogens (tertiary/aromatic N) is 1. The Morgan fingerprint density at radius 1 is 1.10 bits per heavy atom. The molecule has 3 nitrogen and oxygen atoms in total. The van der Waals surface area contributed by atoms with E-state index >= 15 is 0 Å². The molecule has 0 atom stereocenters. The first-order valence-corrected chi connectivity index (χ1v) is 8.57. The molecular weight excluding hydrogens is 246 g/mol. The van der Waals surface area contributed by atoms with Gasteiger partial charge in [0.2, 0.25) is 0 Å². The molecule has 0 aliphatic heterocycles. The van der Waals surface area contributed by atoms with E-state index in [4.69, 9.17) is 0 Å². The lowest BCUT2D eigenvalue weighted by Crippen LogP contribution is -2.48. The number of aromatic nitrogens is 2. The van der Waals surface area contributed by atoms with Gasteiger partial charge in [0.05, 0.1) is 6.54 Å². The van der Waals surface area contributed by atoms with Crippen molar-refractivity contribution in [3.8, 4) is 0 Å². The fourth-order valence-corrected chi connectivity index (χ4v) is 5.69. The lowest BCUT2D eigenvalue weighted by atomic mass is 9.49. The molecule has 5 aliphatic carbocycles. The summed E-state index contributed by atoms with van der Waals surface area (Å²) in [4.78, 5) is 8.33. The van der Waals surface area contributed by atoms with E-state index in [9.17, 15) is 0 Å². The van der Waals surface area contributed by atoms with Gasteiger partial charge in [0.25, 0.3) is 0 Å². The Kier molecular flexibility index (Phi) is 2.41. The van der Waals surface area contributed by atoms with Gasteiger partial charge in [0.15, 0.2) is 0 Å². The van der Waals surface area contributed by atoms with Gasteiger partial charge in [0.1, 0.15) is 5.82 Å². The van der Waals surface area contributed by atoms with Crippen LogP contribution in [0.3, 0.4) is 0 Å². The van der Waals surface area contributed by atoms with Crippen molar-refractivity contribution < 1.29 is 0 Å². The molecule has 0 aromatic carbocycles.